The van der Waals surface area contributed by atoms with E-state index in [1.807, 2.05) is 30.3 Å². The molecule has 1 aliphatic rings. The largest absolute Gasteiger partial charge is 0.456 e. The fraction of sp³-hybridized carbons (Fsp3) is 0.294. The number of ether oxygens (including phenoxy) is 1. The van der Waals surface area contributed by atoms with Gasteiger partial charge in [0.25, 0.3) is 0 Å². The monoisotopic (exact) mass is 299 g/mol. The Bertz CT molecular complexity index is 658. The predicted molar refractivity (Wildman–Crippen MR) is 79.2 cm³/mol. The number of Topliss-reactive ketones (excluding diaryl/α,β-unsaturated/α-hetero) is 1. The maximum atomic E-state index is 11.8. The van der Waals surface area contributed by atoms with Gasteiger partial charge in [-0.1, -0.05) is 30.3 Å². The van der Waals surface area contributed by atoms with Gasteiger partial charge in [0.15, 0.2) is 5.76 Å². The number of hydrogen-bond acceptors (Lipinski definition) is 4. The average Bonchev–Trinajstić information content (AvgIpc) is 3.29. The molecule has 1 aliphatic carbocycles. The summed E-state index contributed by atoms with van der Waals surface area (Å²) in [6.45, 7) is 0.418. The van der Waals surface area contributed by atoms with Gasteiger partial charge in [-0.3, -0.25) is 4.79 Å². The van der Waals surface area contributed by atoms with E-state index in [2.05, 4.69) is 5.32 Å². The van der Waals surface area contributed by atoms with Crippen molar-refractivity contribution in [1.82, 2.24) is 5.32 Å². The number of nitrogens with one attached hydrogen (secondary N) is 1. The molecular weight excluding hydrogens is 282 g/mol. The summed E-state index contributed by atoms with van der Waals surface area (Å²) in [4.78, 5) is 23.4. The molecule has 0 atom stereocenters. The summed E-state index contributed by atoms with van der Waals surface area (Å²) >= 11 is 0. The average molecular weight is 299 g/mol. The van der Waals surface area contributed by atoms with Gasteiger partial charge in [-0.05, 0) is 30.5 Å². The van der Waals surface area contributed by atoms with Crippen LogP contribution in [0.3, 0.4) is 0 Å². The Morgan fingerprint density at radius 3 is 2.64 bits per heavy atom. The molecule has 3 rings (SSSR count). The van der Waals surface area contributed by atoms with Crippen LogP contribution in [-0.4, -0.2) is 11.9 Å². The fourth-order valence-corrected chi connectivity index (χ4v) is 2.09. The van der Waals surface area contributed by atoms with E-state index in [1.54, 1.807) is 12.1 Å². The highest BCUT2D eigenvalue weighted by Gasteiger charge is 2.32. The van der Waals surface area contributed by atoms with Gasteiger partial charge in [0.2, 0.25) is 5.78 Å². The standard InChI is InChI=1S/C17H17NO4/c19-16(13-6-7-13)15-9-8-14(22-15)10-18-17(20)21-11-12-4-2-1-3-5-12/h1-5,8-9,13H,6-7,10-11H2,(H,18,20). The Balaban J connectivity index is 1.44. The van der Waals surface area contributed by atoms with Crippen molar-refractivity contribution in [2.24, 2.45) is 5.92 Å². The summed E-state index contributed by atoms with van der Waals surface area (Å²) in [5, 5.41) is 2.60. The molecule has 0 unspecified atom stereocenters. The van der Waals surface area contributed by atoms with Crippen molar-refractivity contribution in [3.05, 3.63) is 59.5 Å². The third-order valence-electron chi connectivity index (χ3n) is 3.47. The van der Waals surface area contributed by atoms with Crippen LogP contribution in [0.25, 0.3) is 0 Å². The first-order chi connectivity index (χ1) is 10.7. The second kappa shape index (κ2) is 6.47. The second-order valence-electron chi connectivity index (χ2n) is 5.32. The lowest BCUT2D eigenvalue weighted by atomic mass is 10.2. The molecule has 0 spiro atoms. The van der Waals surface area contributed by atoms with E-state index in [-0.39, 0.29) is 24.9 Å². The van der Waals surface area contributed by atoms with E-state index in [4.69, 9.17) is 9.15 Å². The molecule has 2 aromatic rings. The second-order valence-corrected chi connectivity index (χ2v) is 5.32. The van der Waals surface area contributed by atoms with Gasteiger partial charge in [0.1, 0.15) is 12.4 Å². The number of ketones is 1. The zero-order valence-corrected chi connectivity index (χ0v) is 12.1. The topological polar surface area (TPSA) is 68.5 Å². The van der Waals surface area contributed by atoms with E-state index >= 15 is 0 Å². The number of benzene rings is 1. The third-order valence-corrected chi connectivity index (χ3v) is 3.47. The van der Waals surface area contributed by atoms with E-state index in [9.17, 15) is 9.59 Å². The zero-order chi connectivity index (χ0) is 15.4. The summed E-state index contributed by atoms with van der Waals surface area (Å²) in [5.74, 6) is 1.10. The van der Waals surface area contributed by atoms with Crippen LogP contribution in [0.4, 0.5) is 4.79 Å². The summed E-state index contributed by atoms with van der Waals surface area (Å²) < 4.78 is 10.5. The highest BCUT2D eigenvalue weighted by Crippen LogP contribution is 2.32. The van der Waals surface area contributed by atoms with Gasteiger partial charge < -0.3 is 14.5 Å². The molecule has 1 N–H and O–H groups in total. The van der Waals surface area contributed by atoms with E-state index in [0.717, 1.165) is 18.4 Å². The Morgan fingerprint density at radius 1 is 1.14 bits per heavy atom. The highest BCUT2D eigenvalue weighted by molar-refractivity contribution is 5.96. The summed E-state index contributed by atoms with van der Waals surface area (Å²) in [6, 6.07) is 12.8. The molecule has 1 fully saturated rings. The first kappa shape index (κ1) is 14.4. The van der Waals surface area contributed by atoms with Crippen molar-refractivity contribution in [1.29, 1.82) is 0 Å². The van der Waals surface area contributed by atoms with Crippen LogP contribution < -0.4 is 5.32 Å². The van der Waals surface area contributed by atoms with E-state index in [1.165, 1.54) is 0 Å². The van der Waals surface area contributed by atoms with Gasteiger partial charge in [-0.15, -0.1) is 0 Å². The lowest BCUT2D eigenvalue weighted by molar-refractivity contribution is 0.0938. The number of furan rings is 1. The zero-order valence-electron chi connectivity index (χ0n) is 12.1. The van der Waals surface area contributed by atoms with Gasteiger partial charge in [-0.25, -0.2) is 4.79 Å². The Morgan fingerprint density at radius 2 is 1.91 bits per heavy atom. The van der Waals surface area contributed by atoms with Crippen LogP contribution >= 0.6 is 0 Å². The van der Waals surface area contributed by atoms with Crippen molar-refractivity contribution in [3.63, 3.8) is 0 Å². The molecule has 22 heavy (non-hydrogen) atoms. The molecule has 0 bridgehead atoms. The molecule has 0 aliphatic heterocycles. The molecule has 1 saturated carbocycles. The van der Waals surface area contributed by atoms with Crippen molar-refractivity contribution in [2.45, 2.75) is 26.0 Å². The number of amides is 1. The number of hydrogen-bond donors (Lipinski definition) is 1. The number of carbonyl (C=O) groups is 2. The molecule has 114 valence electrons. The van der Waals surface area contributed by atoms with Crippen LogP contribution in [0.2, 0.25) is 0 Å². The first-order valence-corrected chi connectivity index (χ1v) is 7.30. The quantitative estimate of drug-likeness (QED) is 0.831. The molecule has 1 heterocycles. The fourth-order valence-electron chi connectivity index (χ4n) is 2.09. The van der Waals surface area contributed by atoms with Crippen molar-refractivity contribution in [3.8, 4) is 0 Å². The van der Waals surface area contributed by atoms with Gasteiger partial charge in [0.05, 0.1) is 6.54 Å². The Labute approximate surface area is 128 Å². The summed E-state index contributed by atoms with van der Waals surface area (Å²) in [5.41, 5.74) is 0.924. The molecule has 0 radical (unpaired) electrons. The van der Waals surface area contributed by atoms with Crippen LogP contribution in [0.1, 0.15) is 34.7 Å². The smallest absolute Gasteiger partial charge is 0.407 e. The lowest BCUT2D eigenvalue weighted by Gasteiger charge is -2.05. The molecule has 1 aromatic carbocycles. The highest BCUT2D eigenvalue weighted by atomic mass is 16.5. The minimum atomic E-state index is -0.518. The normalized spacial score (nSPS) is 13.6. The van der Waals surface area contributed by atoms with Crippen LogP contribution in [-0.2, 0) is 17.9 Å². The minimum Gasteiger partial charge on any atom is -0.456 e. The van der Waals surface area contributed by atoms with Crippen molar-refractivity contribution >= 4 is 11.9 Å². The predicted octanol–water partition coefficient (Wildman–Crippen LogP) is 3.30. The number of carbonyl (C=O) groups excluding carboxylic acids is 2. The van der Waals surface area contributed by atoms with Crippen molar-refractivity contribution < 1.29 is 18.7 Å². The SMILES string of the molecule is O=C(NCc1ccc(C(=O)C2CC2)o1)OCc1ccccc1. The molecular formula is C17H17NO4. The van der Waals surface area contributed by atoms with Crippen molar-refractivity contribution in [2.75, 3.05) is 0 Å². The molecule has 5 heteroatoms. The molecule has 1 amide bonds. The molecule has 1 aromatic heterocycles. The van der Waals surface area contributed by atoms with Crippen LogP contribution in [0, 0.1) is 5.92 Å². The van der Waals surface area contributed by atoms with Gasteiger partial charge in [-0.2, -0.15) is 0 Å². The lowest BCUT2D eigenvalue weighted by Crippen LogP contribution is -2.23. The molecule has 5 nitrogen and oxygen atoms in total. The third kappa shape index (κ3) is 3.75. The maximum absolute atomic E-state index is 11.8. The van der Waals surface area contributed by atoms with Gasteiger partial charge in [0, 0.05) is 5.92 Å². The summed E-state index contributed by atoms with van der Waals surface area (Å²) in [7, 11) is 0. The number of alkyl carbamates (subject to hydrolysis) is 1. The Kier molecular flexibility index (Phi) is 4.23. The minimum absolute atomic E-state index is 0.0536. The Hall–Kier alpha value is -2.56. The van der Waals surface area contributed by atoms with Crippen LogP contribution in [0.5, 0.6) is 0 Å². The molecule has 0 saturated heterocycles. The summed E-state index contributed by atoms with van der Waals surface area (Å²) in [6.07, 6.45) is 1.37. The van der Waals surface area contributed by atoms with Gasteiger partial charge >= 0.3 is 6.09 Å². The number of rotatable bonds is 6. The van der Waals surface area contributed by atoms with E-state index in [0.29, 0.717) is 11.5 Å². The first-order valence-electron chi connectivity index (χ1n) is 7.30. The maximum Gasteiger partial charge on any atom is 0.407 e. The van der Waals surface area contributed by atoms with E-state index < -0.39 is 6.09 Å². The van der Waals surface area contributed by atoms with Crippen LogP contribution in [0.15, 0.2) is 46.9 Å².